The van der Waals surface area contributed by atoms with Gasteiger partial charge in [0.2, 0.25) is 0 Å². The second-order valence-corrected chi connectivity index (χ2v) is 7.61. The third-order valence-corrected chi connectivity index (χ3v) is 6.37. The number of piperidine rings is 2. The lowest BCUT2D eigenvalue weighted by Crippen LogP contribution is -2.59. The van der Waals surface area contributed by atoms with Crippen molar-refractivity contribution in [2.75, 3.05) is 7.05 Å². The van der Waals surface area contributed by atoms with Crippen molar-refractivity contribution in [3.05, 3.63) is 0 Å². The summed E-state index contributed by atoms with van der Waals surface area (Å²) in [6.07, 6.45) is 16.1. The molecule has 2 heteroatoms. The van der Waals surface area contributed by atoms with Gasteiger partial charge in [-0.05, 0) is 64.3 Å². The Balaban J connectivity index is 1.60. The highest BCUT2D eigenvalue weighted by molar-refractivity contribution is 4.98. The molecule has 116 valence electrons. The maximum Gasteiger partial charge on any atom is 0.0116 e. The molecule has 2 saturated heterocycles. The molecule has 3 aliphatic rings. The van der Waals surface area contributed by atoms with Gasteiger partial charge in [0.25, 0.3) is 0 Å². The topological polar surface area (TPSA) is 15.3 Å². The Bertz CT molecular complexity index is 282. The molecule has 3 fully saturated rings. The van der Waals surface area contributed by atoms with E-state index in [9.17, 15) is 0 Å². The van der Waals surface area contributed by atoms with Gasteiger partial charge in [0.1, 0.15) is 0 Å². The summed E-state index contributed by atoms with van der Waals surface area (Å²) in [7, 11) is 2.16. The van der Waals surface area contributed by atoms with Crippen LogP contribution in [0.4, 0.5) is 0 Å². The fraction of sp³-hybridized carbons (Fsp3) is 1.00. The summed E-state index contributed by atoms with van der Waals surface area (Å²) < 4.78 is 0. The van der Waals surface area contributed by atoms with Crippen LogP contribution in [0, 0.1) is 5.92 Å². The van der Waals surface area contributed by atoms with Crippen LogP contribution in [0.3, 0.4) is 0 Å². The molecule has 1 N–H and O–H groups in total. The van der Waals surface area contributed by atoms with Crippen LogP contribution in [-0.2, 0) is 0 Å². The number of hydrogen-bond acceptors (Lipinski definition) is 2. The summed E-state index contributed by atoms with van der Waals surface area (Å²) in [6.45, 7) is 2.35. The second-order valence-electron chi connectivity index (χ2n) is 7.61. The van der Waals surface area contributed by atoms with Gasteiger partial charge in [-0.15, -0.1) is 0 Å². The van der Waals surface area contributed by atoms with Crippen LogP contribution >= 0.6 is 0 Å². The molecule has 2 unspecified atom stereocenters. The molecule has 1 saturated carbocycles. The van der Waals surface area contributed by atoms with E-state index in [0.717, 1.165) is 30.1 Å². The fourth-order valence-electron chi connectivity index (χ4n) is 5.39. The SMILES string of the molecule is CCCC1CCC(N2C3CCCC2CC(NC)C3)CC1. The van der Waals surface area contributed by atoms with E-state index >= 15 is 0 Å². The van der Waals surface area contributed by atoms with Crippen molar-refractivity contribution in [3.8, 4) is 0 Å². The maximum atomic E-state index is 3.55. The van der Waals surface area contributed by atoms with Crippen molar-refractivity contribution < 1.29 is 0 Å². The van der Waals surface area contributed by atoms with Gasteiger partial charge in [-0.2, -0.15) is 0 Å². The van der Waals surface area contributed by atoms with Crippen molar-refractivity contribution in [1.29, 1.82) is 0 Å². The zero-order valence-corrected chi connectivity index (χ0v) is 13.6. The molecule has 1 aliphatic carbocycles. The van der Waals surface area contributed by atoms with Crippen molar-refractivity contribution in [2.24, 2.45) is 5.92 Å². The average Bonchev–Trinajstić information content (AvgIpc) is 2.47. The van der Waals surface area contributed by atoms with Crippen LogP contribution < -0.4 is 5.32 Å². The van der Waals surface area contributed by atoms with Gasteiger partial charge >= 0.3 is 0 Å². The van der Waals surface area contributed by atoms with Gasteiger partial charge in [0, 0.05) is 24.2 Å². The summed E-state index contributed by atoms with van der Waals surface area (Å²) in [4.78, 5) is 3.00. The van der Waals surface area contributed by atoms with Gasteiger partial charge in [-0.1, -0.05) is 26.2 Å². The van der Waals surface area contributed by atoms with Crippen LogP contribution in [-0.4, -0.2) is 36.1 Å². The largest absolute Gasteiger partial charge is 0.317 e. The molecular formula is C18H34N2. The van der Waals surface area contributed by atoms with Gasteiger partial charge in [0.05, 0.1) is 0 Å². The van der Waals surface area contributed by atoms with E-state index in [1.54, 1.807) is 0 Å². The van der Waals surface area contributed by atoms with E-state index in [4.69, 9.17) is 0 Å². The molecule has 0 aromatic heterocycles. The minimum atomic E-state index is 0.790. The van der Waals surface area contributed by atoms with Crippen LogP contribution in [0.2, 0.25) is 0 Å². The first-order valence-electron chi connectivity index (χ1n) is 9.26. The molecule has 2 nitrogen and oxygen atoms in total. The van der Waals surface area contributed by atoms with Crippen molar-refractivity contribution in [3.63, 3.8) is 0 Å². The molecule has 0 spiro atoms. The molecule has 0 radical (unpaired) electrons. The first-order chi connectivity index (χ1) is 9.81. The third kappa shape index (κ3) is 3.06. The lowest BCUT2D eigenvalue weighted by atomic mass is 9.76. The molecule has 2 atom stereocenters. The summed E-state index contributed by atoms with van der Waals surface area (Å²) >= 11 is 0. The Labute approximate surface area is 125 Å². The molecular weight excluding hydrogens is 244 g/mol. The highest BCUT2D eigenvalue weighted by Crippen LogP contribution is 2.40. The Morgan fingerprint density at radius 3 is 2.10 bits per heavy atom. The Kier molecular flexibility index (Phi) is 5.04. The van der Waals surface area contributed by atoms with Crippen LogP contribution in [0.5, 0.6) is 0 Å². The zero-order valence-electron chi connectivity index (χ0n) is 13.6. The van der Waals surface area contributed by atoms with Gasteiger partial charge in [-0.25, -0.2) is 0 Å². The average molecular weight is 278 g/mol. The number of nitrogens with one attached hydrogen (secondary N) is 1. The van der Waals surface area contributed by atoms with Gasteiger partial charge in [-0.3, -0.25) is 4.90 Å². The Morgan fingerprint density at radius 2 is 1.55 bits per heavy atom. The minimum absolute atomic E-state index is 0.790. The summed E-state index contributed by atoms with van der Waals surface area (Å²) in [5, 5.41) is 3.55. The van der Waals surface area contributed by atoms with E-state index in [-0.39, 0.29) is 0 Å². The Morgan fingerprint density at radius 1 is 0.900 bits per heavy atom. The van der Waals surface area contributed by atoms with E-state index in [2.05, 4.69) is 24.2 Å². The van der Waals surface area contributed by atoms with Gasteiger partial charge in [0.15, 0.2) is 0 Å². The summed E-state index contributed by atoms with van der Waals surface area (Å²) in [6, 6.07) is 3.51. The zero-order chi connectivity index (χ0) is 13.9. The normalized spacial score (nSPS) is 42.6. The van der Waals surface area contributed by atoms with Crippen LogP contribution in [0.25, 0.3) is 0 Å². The van der Waals surface area contributed by atoms with Gasteiger partial charge < -0.3 is 5.32 Å². The summed E-state index contributed by atoms with van der Waals surface area (Å²) in [5.74, 6) is 1.05. The summed E-state index contributed by atoms with van der Waals surface area (Å²) in [5.41, 5.74) is 0. The smallest absolute Gasteiger partial charge is 0.0116 e. The van der Waals surface area contributed by atoms with E-state index in [0.29, 0.717) is 0 Å². The maximum absolute atomic E-state index is 3.55. The first kappa shape index (κ1) is 14.8. The second kappa shape index (κ2) is 6.79. The minimum Gasteiger partial charge on any atom is -0.317 e. The van der Waals surface area contributed by atoms with E-state index < -0.39 is 0 Å². The standard InChI is InChI=1S/C18H34N2/c1-3-5-14-8-10-16(11-9-14)20-17-6-4-7-18(20)13-15(12-17)19-2/h14-19H,3-13H2,1-2H3. The highest BCUT2D eigenvalue weighted by atomic mass is 15.2. The van der Waals surface area contributed by atoms with Crippen LogP contribution in [0.15, 0.2) is 0 Å². The monoisotopic (exact) mass is 278 g/mol. The van der Waals surface area contributed by atoms with Crippen LogP contribution in [0.1, 0.15) is 77.6 Å². The molecule has 2 bridgehead atoms. The first-order valence-corrected chi connectivity index (χ1v) is 9.26. The predicted octanol–water partition coefficient (Wildman–Crippen LogP) is 3.95. The molecule has 0 amide bonds. The lowest BCUT2D eigenvalue weighted by molar-refractivity contribution is -0.0259. The number of rotatable bonds is 4. The number of fused-ring (bicyclic) bond motifs is 2. The molecule has 2 heterocycles. The van der Waals surface area contributed by atoms with E-state index in [1.165, 1.54) is 70.6 Å². The lowest BCUT2D eigenvalue weighted by Gasteiger charge is -2.53. The molecule has 2 aliphatic heterocycles. The Hall–Kier alpha value is -0.0800. The highest BCUT2D eigenvalue weighted by Gasteiger charge is 2.41. The third-order valence-electron chi connectivity index (χ3n) is 6.37. The molecule has 0 aromatic carbocycles. The fourth-order valence-corrected chi connectivity index (χ4v) is 5.39. The molecule has 3 rings (SSSR count). The van der Waals surface area contributed by atoms with E-state index in [1.807, 2.05) is 0 Å². The predicted molar refractivity (Wildman–Crippen MR) is 86.0 cm³/mol. The van der Waals surface area contributed by atoms with Crippen molar-refractivity contribution in [1.82, 2.24) is 10.2 Å². The van der Waals surface area contributed by atoms with Crippen molar-refractivity contribution >= 4 is 0 Å². The molecule has 20 heavy (non-hydrogen) atoms. The number of hydrogen-bond donors (Lipinski definition) is 1. The quantitative estimate of drug-likeness (QED) is 0.837. The molecule has 0 aromatic rings. The number of nitrogens with zero attached hydrogens (tertiary/aromatic N) is 1. The van der Waals surface area contributed by atoms with Crippen molar-refractivity contribution in [2.45, 2.75) is 102 Å².